The van der Waals surface area contributed by atoms with Crippen molar-refractivity contribution in [3.05, 3.63) is 53.2 Å². The van der Waals surface area contributed by atoms with Gasteiger partial charge in [-0.05, 0) is 30.3 Å². The van der Waals surface area contributed by atoms with E-state index in [2.05, 4.69) is 24.4 Å². The molecule has 2 aromatic heterocycles. The molecule has 1 aromatic carbocycles. The first kappa shape index (κ1) is 18.1. The number of pyridine rings is 1. The van der Waals surface area contributed by atoms with Crippen molar-refractivity contribution < 1.29 is 22.7 Å². The van der Waals surface area contributed by atoms with Gasteiger partial charge in [0.25, 0.3) is 5.91 Å². The Balaban J connectivity index is 1.72. The molecule has 0 saturated heterocycles. The van der Waals surface area contributed by atoms with E-state index in [1.165, 1.54) is 0 Å². The van der Waals surface area contributed by atoms with Crippen molar-refractivity contribution in [3.8, 4) is 17.3 Å². The lowest BCUT2D eigenvalue weighted by molar-refractivity contribution is -0.274. The minimum absolute atomic E-state index is 0.0408. The van der Waals surface area contributed by atoms with Crippen molar-refractivity contribution in [3.63, 3.8) is 0 Å². The third kappa shape index (κ3) is 4.46. The summed E-state index contributed by atoms with van der Waals surface area (Å²) in [5.74, 6) is -0.851. The van der Waals surface area contributed by atoms with Crippen LogP contribution in [-0.4, -0.2) is 26.6 Å². The Hall–Kier alpha value is -2.72. The van der Waals surface area contributed by atoms with Gasteiger partial charge in [0.1, 0.15) is 11.4 Å². The Morgan fingerprint density at radius 3 is 2.69 bits per heavy atom. The second kappa shape index (κ2) is 7.26. The molecule has 0 radical (unpaired) electrons. The van der Waals surface area contributed by atoms with Crippen molar-refractivity contribution in [1.29, 1.82) is 0 Å². The molecule has 0 saturated carbocycles. The molecule has 3 aromatic rings. The molecule has 1 amide bonds. The molecule has 1 N–H and O–H groups in total. The Morgan fingerprint density at radius 1 is 1.23 bits per heavy atom. The standard InChI is InChI=1S/C15H8ClF3N4O2S/c16-9-7-8(4-5-11(9)25-15(17,18)19)13(24)22-14-21-12(23-26-14)10-3-1-2-6-20-10/h1-7H,(H,21,22,23,24). The number of amides is 1. The quantitative estimate of drug-likeness (QED) is 0.702. The fourth-order valence-electron chi connectivity index (χ4n) is 1.89. The van der Waals surface area contributed by atoms with Gasteiger partial charge in [-0.3, -0.25) is 15.1 Å². The van der Waals surface area contributed by atoms with Gasteiger partial charge in [0.15, 0.2) is 5.82 Å². The smallest absolute Gasteiger partial charge is 0.404 e. The molecule has 0 bridgehead atoms. The number of rotatable bonds is 4. The summed E-state index contributed by atoms with van der Waals surface area (Å²) in [6.45, 7) is 0. The number of nitrogens with zero attached hydrogens (tertiary/aromatic N) is 3. The number of aromatic nitrogens is 3. The lowest BCUT2D eigenvalue weighted by Gasteiger charge is -2.11. The maximum absolute atomic E-state index is 12.2. The van der Waals surface area contributed by atoms with E-state index in [0.29, 0.717) is 11.5 Å². The topological polar surface area (TPSA) is 77.0 Å². The highest BCUT2D eigenvalue weighted by Gasteiger charge is 2.32. The number of carbonyl (C=O) groups is 1. The molecule has 0 atom stereocenters. The Morgan fingerprint density at radius 2 is 2.04 bits per heavy atom. The average Bonchev–Trinajstić information content (AvgIpc) is 3.05. The highest BCUT2D eigenvalue weighted by atomic mass is 35.5. The van der Waals surface area contributed by atoms with Crippen molar-refractivity contribution in [1.82, 2.24) is 14.3 Å². The predicted octanol–water partition coefficient (Wildman–Crippen LogP) is 4.40. The van der Waals surface area contributed by atoms with Crippen LogP contribution in [0.15, 0.2) is 42.6 Å². The summed E-state index contributed by atoms with van der Waals surface area (Å²) in [6.07, 6.45) is -3.29. The molecule has 2 heterocycles. The minimum atomic E-state index is -4.87. The van der Waals surface area contributed by atoms with E-state index in [1.807, 2.05) is 0 Å². The molecule has 26 heavy (non-hydrogen) atoms. The summed E-state index contributed by atoms with van der Waals surface area (Å²) >= 11 is 6.67. The number of benzene rings is 1. The van der Waals surface area contributed by atoms with Crippen LogP contribution in [0.2, 0.25) is 5.02 Å². The van der Waals surface area contributed by atoms with E-state index < -0.39 is 18.0 Å². The van der Waals surface area contributed by atoms with Crippen LogP contribution in [0.4, 0.5) is 18.3 Å². The van der Waals surface area contributed by atoms with Gasteiger partial charge in [0.2, 0.25) is 5.13 Å². The number of carbonyl (C=O) groups excluding carboxylic acids is 1. The van der Waals surface area contributed by atoms with Gasteiger partial charge >= 0.3 is 6.36 Å². The lowest BCUT2D eigenvalue weighted by Crippen LogP contribution is -2.18. The number of anilines is 1. The number of hydrogen-bond acceptors (Lipinski definition) is 6. The average molecular weight is 401 g/mol. The zero-order valence-electron chi connectivity index (χ0n) is 12.6. The van der Waals surface area contributed by atoms with Crippen LogP contribution in [0.5, 0.6) is 5.75 Å². The maximum Gasteiger partial charge on any atom is 0.573 e. The van der Waals surface area contributed by atoms with Crippen LogP contribution < -0.4 is 10.1 Å². The van der Waals surface area contributed by atoms with E-state index in [1.54, 1.807) is 24.4 Å². The van der Waals surface area contributed by atoms with E-state index in [4.69, 9.17) is 11.6 Å². The summed E-state index contributed by atoms with van der Waals surface area (Å²) < 4.78 is 44.5. The molecular weight excluding hydrogens is 393 g/mol. The first-order valence-electron chi connectivity index (χ1n) is 6.93. The van der Waals surface area contributed by atoms with Crippen molar-refractivity contribution in [2.75, 3.05) is 5.32 Å². The number of hydrogen-bond donors (Lipinski definition) is 1. The summed E-state index contributed by atoms with van der Waals surface area (Å²) in [6, 6.07) is 8.42. The molecule has 0 aliphatic carbocycles. The molecule has 0 aliphatic heterocycles. The second-order valence-electron chi connectivity index (χ2n) is 4.79. The van der Waals surface area contributed by atoms with Crippen LogP contribution in [0, 0.1) is 0 Å². The zero-order chi connectivity index (χ0) is 18.7. The van der Waals surface area contributed by atoms with E-state index in [-0.39, 0.29) is 15.7 Å². The van der Waals surface area contributed by atoms with Gasteiger partial charge < -0.3 is 4.74 Å². The Labute approximate surface area is 153 Å². The van der Waals surface area contributed by atoms with Crippen molar-refractivity contribution in [2.45, 2.75) is 6.36 Å². The van der Waals surface area contributed by atoms with Gasteiger partial charge in [0.05, 0.1) is 5.02 Å². The Kier molecular flexibility index (Phi) is 5.05. The normalized spacial score (nSPS) is 11.2. The molecular formula is C15H8ClF3N4O2S. The maximum atomic E-state index is 12.2. The number of halogens is 4. The molecule has 0 aliphatic rings. The zero-order valence-corrected chi connectivity index (χ0v) is 14.2. The fourth-order valence-corrected chi connectivity index (χ4v) is 2.68. The van der Waals surface area contributed by atoms with Crippen LogP contribution in [0.1, 0.15) is 10.4 Å². The first-order chi connectivity index (χ1) is 12.3. The SMILES string of the molecule is O=C(Nc1nc(-c2ccccn2)ns1)c1ccc(OC(F)(F)F)c(Cl)c1. The minimum Gasteiger partial charge on any atom is -0.404 e. The molecule has 134 valence electrons. The third-order valence-electron chi connectivity index (χ3n) is 2.96. The summed E-state index contributed by atoms with van der Waals surface area (Å²) in [7, 11) is 0. The van der Waals surface area contributed by atoms with E-state index in [9.17, 15) is 18.0 Å². The van der Waals surface area contributed by atoms with Crippen molar-refractivity contribution in [2.24, 2.45) is 0 Å². The van der Waals surface area contributed by atoms with Crippen LogP contribution >= 0.6 is 23.1 Å². The number of alkyl halides is 3. The first-order valence-corrected chi connectivity index (χ1v) is 8.09. The van der Waals surface area contributed by atoms with Crippen LogP contribution in [0.3, 0.4) is 0 Å². The number of nitrogens with one attached hydrogen (secondary N) is 1. The van der Waals surface area contributed by atoms with E-state index >= 15 is 0 Å². The van der Waals surface area contributed by atoms with Gasteiger partial charge in [-0.15, -0.1) is 13.2 Å². The van der Waals surface area contributed by atoms with Gasteiger partial charge in [0, 0.05) is 23.3 Å². The molecule has 3 rings (SSSR count). The highest BCUT2D eigenvalue weighted by Crippen LogP contribution is 2.31. The van der Waals surface area contributed by atoms with Crippen molar-refractivity contribution >= 4 is 34.2 Å². The largest absolute Gasteiger partial charge is 0.573 e. The lowest BCUT2D eigenvalue weighted by atomic mass is 10.2. The van der Waals surface area contributed by atoms with Gasteiger partial charge in [-0.25, -0.2) is 0 Å². The predicted molar refractivity (Wildman–Crippen MR) is 89.2 cm³/mol. The molecule has 6 nitrogen and oxygen atoms in total. The monoisotopic (exact) mass is 400 g/mol. The van der Waals surface area contributed by atoms with Gasteiger partial charge in [-0.2, -0.15) is 9.36 Å². The fraction of sp³-hybridized carbons (Fsp3) is 0.0667. The molecule has 0 fully saturated rings. The summed E-state index contributed by atoms with van der Waals surface area (Å²) in [4.78, 5) is 20.4. The molecule has 0 unspecified atom stereocenters. The van der Waals surface area contributed by atoms with Crippen LogP contribution in [0.25, 0.3) is 11.5 Å². The highest BCUT2D eigenvalue weighted by molar-refractivity contribution is 7.10. The summed E-state index contributed by atoms with van der Waals surface area (Å²) in [5, 5.41) is 2.36. The second-order valence-corrected chi connectivity index (χ2v) is 5.94. The summed E-state index contributed by atoms with van der Waals surface area (Å²) in [5.41, 5.74) is 0.583. The van der Waals surface area contributed by atoms with Gasteiger partial charge in [-0.1, -0.05) is 17.7 Å². The van der Waals surface area contributed by atoms with E-state index in [0.717, 1.165) is 29.7 Å². The molecule has 0 spiro atoms. The number of ether oxygens (including phenoxy) is 1. The third-order valence-corrected chi connectivity index (χ3v) is 3.89. The molecule has 11 heteroatoms. The Bertz CT molecular complexity index is 934. The van der Waals surface area contributed by atoms with Crippen LogP contribution in [-0.2, 0) is 0 Å².